The number of rotatable bonds is 7. The first-order chi connectivity index (χ1) is 13.5. The predicted molar refractivity (Wildman–Crippen MR) is 118 cm³/mol. The van der Waals surface area contributed by atoms with Gasteiger partial charge in [0.2, 0.25) is 11.0 Å². The van der Waals surface area contributed by atoms with Crippen LogP contribution in [0.1, 0.15) is 46.6 Å². The fraction of sp³-hybridized carbons (Fsp3) is 0.500. The molecule has 0 saturated carbocycles. The van der Waals surface area contributed by atoms with E-state index in [2.05, 4.69) is 20.8 Å². The van der Waals surface area contributed by atoms with Gasteiger partial charge in [-0.2, -0.15) is 0 Å². The third-order valence-electron chi connectivity index (χ3n) is 4.27. The van der Waals surface area contributed by atoms with Crippen molar-refractivity contribution in [3.63, 3.8) is 0 Å². The Balaban J connectivity index is 2.17. The lowest BCUT2D eigenvalue weighted by Gasteiger charge is -2.34. The highest BCUT2D eigenvalue weighted by Crippen LogP contribution is 2.29. The quantitative estimate of drug-likeness (QED) is 0.547. The number of carbonyl (C=O) groups is 2. The Morgan fingerprint density at radius 3 is 2.41 bits per heavy atom. The van der Waals surface area contributed by atoms with Crippen LogP contribution in [-0.2, 0) is 16.0 Å². The van der Waals surface area contributed by atoms with Crippen LogP contribution in [0.4, 0.5) is 9.93 Å². The normalized spacial score (nSPS) is 12.9. The van der Waals surface area contributed by atoms with Crippen LogP contribution in [0.25, 0.3) is 0 Å². The Morgan fingerprint density at radius 1 is 1.21 bits per heavy atom. The van der Waals surface area contributed by atoms with Gasteiger partial charge < -0.3 is 10.1 Å². The Kier molecular flexibility index (Phi) is 7.54. The van der Waals surface area contributed by atoms with E-state index in [1.165, 1.54) is 5.56 Å². The molecule has 1 aromatic heterocycles. The summed E-state index contributed by atoms with van der Waals surface area (Å²) in [7, 11) is 0. The highest BCUT2D eigenvalue weighted by Gasteiger charge is 2.37. The Bertz CT molecular complexity index is 885. The van der Waals surface area contributed by atoms with Crippen LogP contribution in [0.2, 0.25) is 0 Å². The zero-order chi connectivity index (χ0) is 21.7. The van der Waals surface area contributed by atoms with Crippen molar-refractivity contribution in [2.75, 3.05) is 5.32 Å². The fourth-order valence-electron chi connectivity index (χ4n) is 2.76. The summed E-state index contributed by atoms with van der Waals surface area (Å²) in [5.41, 5.74) is -0.0441. The van der Waals surface area contributed by atoms with Crippen molar-refractivity contribution in [2.45, 2.75) is 59.1 Å². The molecule has 2 amide bonds. The lowest BCUT2D eigenvalue weighted by Crippen LogP contribution is -2.53. The molecule has 0 bridgehead atoms. The molecule has 0 fully saturated rings. The van der Waals surface area contributed by atoms with Gasteiger partial charge in [-0.3, -0.25) is 15.2 Å². The molecule has 9 heteroatoms. The molecule has 3 N–H and O–H groups in total. The molecule has 0 saturated heterocycles. The Labute approximate surface area is 180 Å². The number of H-pyrrole nitrogens is 1. The number of hydrogen-bond donors (Lipinski definition) is 3. The van der Waals surface area contributed by atoms with E-state index in [9.17, 15) is 9.59 Å². The molecule has 2 aromatic rings. The smallest absolute Gasteiger partial charge is 0.408 e. The van der Waals surface area contributed by atoms with E-state index in [0.717, 1.165) is 17.8 Å². The minimum atomic E-state index is -0.821. The van der Waals surface area contributed by atoms with Gasteiger partial charge in [0, 0.05) is 0 Å². The van der Waals surface area contributed by atoms with Crippen LogP contribution in [0.5, 0.6) is 0 Å². The van der Waals surface area contributed by atoms with Gasteiger partial charge in [-0.05, 0) is 56.8 Å². The second-order valence-electron chi connectivity index (χ2n) is 8.46. The molecule has 1 unspecified atom stereocenters. The topological polar surface area (TPSA) is 96.1 Å². The van der Waals surface area contributed by atoms with Gasteiger partial charge in [0.05, 0.1) is 0 Å². The first kappa shape index (κ1) is 23.0. The number of benzene rings is 1. The molecule has 1 aromatic carbocycles. The minimum absolute atomic E-state index is 0.356. The number of nitrogens with one attached hydrogen (secondary N) is 3. The van der Waals surface area contributed by atoms with Crippen LogP contribution in [0.3, 0.4) is 0 Å². The molecule has 0 aliphatic heterocycles. The summed E-state index contributed by atoms with van der Waals surface area (Å²) in [5, 5.41) is 12.4. The summed E-state index contributed by atoms with van der Waals surface area (Å²) < 4.78 is 5.82. The lowest BCUT2D eigenvalue weighted by molar-refractivity contribution is -0.121. The number of aryl methyl sites for hydroxylation is 1. The molecule has 1 atom stereocenters. The Morgan fingerprint density at radius 2 is 1.86 bits per heavy atom. The van der Waals surface area contributed by atoms with Crippen LogP contribution in [-0.4, -0.2) is 33.8 Å². The average molecular weight is 437 g/mol. The molecular weight excluding hydrogens is 408 g/mol. The van der Waals surface area contributed by atoms with Crippen molar-refractivity contribution in [1.82, 2.24) is 15.5 Å². The lowest BCUT2D eigenvalue weighted by atomic mass is 9.78. The van der Waals surface area contributed by atoms with E-state index < -0.39 is 23.2 Å². The van der Waals surface area contributed by atoms with Gasteiger partial charge in [0.1, 0.15) is 11.6 Å². The number of anilines is 1. The second kappa shape index (κ2) is 9.49. The van der Waals surface area contributed by atoms with E-state index >= 15 is 0 Å². The maximum absolute atomic E-state index is 13.0. The molecule has 29 heavy (non-hydrogen) atoms. The van der Waals surface area contributed by atoms with Gasteiger partial charge in [-0.25, -0.2) is 4.79 Å². The third-order valence-corrected chi connectivity index (χ3v) is 5.28. The van der Waals surface area contributed by atoms with E-state index in [1.54, 1.807) is 20.8 Å². The summed E-state index contributed by atoms with van der Waals surface area (Å²) in [6, 6.07) is 9.20. The monoisotopic (exact) mass is 436 g/mol. The van der Waals surface area contributed by atoms with Crippen LogP contribution >= 0.6 is 23.6 Å². The van der Waals surface area contributed by atoms with Crippen LogP contribution in [0.15, 0.2) is 30.3 Å². The maximum atomic E-state index is 13.0. The van der Waals surface area contributed by atoms with E-state index in [-0.39, 0.29) is 5.91 Å². The first-order valence-electron chi connectivity index (χ1n) is 9.36. The number of aromatic amines is 1. The number of nitrogens with zero attached hydrogens (tertiary/aromatic N) is 1. The standard InChI is InChI=1S/C20H28N4O3S2/c1-19(2,3)27-17(26)21-14(15(25)22-16-23-24-18(28)29-16)20(4,5)12-11-13-9-7-6-8-10-13/h6-10,14H,11-12H2,1-5H3,(H,21,26)(H,24,28)(H,22,23,25). The average Bonchev–Trinajstić information content (AvgIpc) is 3.02. The number of carbonyl (C=O) groups excluding carboxylic acids is 2. The number of amides is 2. The molecule has 2 rings (SSSR count). The van der Waals surface area contributed by atoms with Gasteiger partial charge >= 0.3 is 6.09 Å². The molecule has 0 aliphatic carbocycles. The maximum Gasteiger partial charge on any atom is 0.408 e. The Hall–Kier alpha value is -2.26. The van der Waals surface area contributed by atoms with Crippen molar-refractivity contribution >= 4 is 40.7 Å². The van der Waals surface area contributed by atoms with E-state index in [1.807, 2.05) is 44.2 Å². The summed E-state index contributed by atoms with van der Waals surface area (Å²) in [4.78, 5) is 25.4. The highest BCUT2D eigenvalue weighted by molar-refractivity contribution is 7.73. The zero-order valence-electron chi connectivity index (χ0n) is 17.4. The number of hydrogen-bond acceptors (Lipinski definition) is 6. The number of ether oxygens (including phenoxy) is 1. The number of aromatic nitrogens is 2. The molecule has 158 valence electrons. The predicted octanol–water partition coefficient (Wildman–Crippen LogP) is 4.69. The molecule has 0 spiro atoms. The van der Waals surface area contributed by atoms with E-state index in [4.69, 9.17) is 17.0 Å². The SMILES string of the molecule is CC(C)(C)OC(=O)NC(C(=O)Nc1n[nH]c(=S)s1)C(C)(C)CCc1ccccc1. The third kappa shape index (κ3) is 7.58. The van der Waals surface area contributed by atoms with Gasteiger partial charge in [0.25, 0.3) is 0 Å². The van der Waals surface area contributed by atoms with Crippen molar-refractivity contribution in [1.29, 1.82) is 0 Å². The van der Waals surface area contributed by atoms with Gasteiger partial charge in [-0.1, -0.05) is 55.5 Å². The van der Waals surface area contributed by atoms with Gasteiger partial charge in [0.15, 0.2) is 3.95 Å². The minimum Gasteiger partial charge on any atom is -0.444 e. The van der Waals surface area contributed by atoms with Crippen molar-refractivity contribution in [3.8, 4) is 0 Å². The van der Waals surface area contributed by atoms with Gasteiger partial charge in [-0.15, -0.1) is 5.10 Å². The fourth-order valence-corrected chi connectivity index (χ4v) is 3.55. The molecular formula is C20H28N4O3S2. The van der Waals surface area contributed by atoms with E-state index in [0.29, 0.717) is 15.5 Å². The second-order valence-corrected chi connectivity index (χ2v) is 10.1. The summed E-state index contributed by atoms with van der Waals surface area (Å²) in [6.07, 6.45) is 0.816. The van der Waals surface area contributed by atoms with Crippen LogP contribution in [0, 0.1) is 9.37 Å². The zero-order valence-corrected chi connectivity index (χ0v) is 19.0. The first-order valence-corrected chi connectivity index (χ1v) is 10.6. The van der Waals surface area contributed by atoms with Crippen molar-refractivity contribution in [2.24, 2.45) is 5.41 Å². The van der Waals surface area contributed by atoms with Crippen molar-refractivity contribution in [3.05, 3.63) is 39.8 Å². The summed E-state index contributed by atoms with van der Waals surface area (Å²) in [5.74, 6) is -0.369. The largest absolute Gasteiger partial charge is 0.444 e. The molecule has 0 radical (unpaired) electrons. The molecule has 1 heterocycles. The molecule has 0 aliphatic rings. The van der Waals surface area contributed by atoms with Crippen molar-refractivity contribution < 1.29 is 14.3 Å². The highest BCUT2D eigenvalue weighted by atomic mass is 32.1. The summed E-state index contributed by atoms with van der Waals surface area (Å²) >= 11 is 6.17. The molecule has 7 nitrogen and oxygen atoms in total. The van der Waals surface area contributed by atoms with Crippen LogP contribution < -0.4 is 10.6 Å². The summed E-state index contributed by atoms with van der Waals surface area (Å²) in [6.45, 7) is 9.23. The number of alkyl carbamates (subject to hydrolysis) is 1.